The highest BCUT2D eigenvalue weighted by Gasteiger charge is 2.47. The standard InChI is InChI=1S/C15H17FN3OP/c16-15(21,12-5-6-18-9-12)14-7-13(19-20-14)11-3-1-10(8-17)2-4-11/h1-4,12,14,18H,5-7,9,21H2. The highest BCUT2D eigenvalue weighted by atomic mass is 31.0. The minimum Gasteiger partial charge on any atom is -0.388 e. The number of oxime groups is 1. The van der Waals surface area contributed by atoms with Crippen LogP contribution in [0.2, 0.25) is 0 Å². The van der Waals surface area contributed by atoms with Crippen LogP contribution in [0.5, 0.6) is 0 Å². The number of nitrogens with zero attached hydrogens (tertiary/aromatic N) is 2. The monoisotopic (exact) mass is 305 g/mol. The molecule has 0 amide bonds. The Morgan fingerprint density at radius 1 is 1.43 bits per heavy atom. The molecule has 1 fully saturated rings. The Bertz CT molecular complexity index is 588. The molecule has 0 aromatic heterocycles. The van der Waals surface area contributed by atoms with Crippen LogP contribution in [0, 0.1) is 17.2 Å². The fourth-order valence-electron chi connectivity index (χ4n) is 2.82. The van der Waals surface area contributed by atoms with Gasteiger partial charge in [0.25, 0.3) is 0 Å². The van der Waals surface area contributed by atoms with Crippen molar-refractivity contribution in [3.05, 3.63) is 35.4 Å². The Kier molecular flexibility index (Phi) is 3.93. The lowest BCUT2D eigenvalue weighted by atomic mass is 9.93. The van der Waals surface area contributed by atoms with Gasteiger partial charge < -0.3 is 10.2 Å². The Morgan fingerprint density at radius 2 is 2.19 bits per heavy atom. The molecule has 3 rings (SSSR count). The Hall–Kier alpha value is -1.50. The van der Waals surface area contributed by atoms with Gasteiger partial charge in [0.15, 0.2) is 11.5 Å². The van der Waals surface area contributed by atoms with Crippen molar-refractivity contribution in [3.8, 4) is 6.07 Å². The molecule has 2 aliphatic heterocycles. The topological polar surface area (TPSA) is 57.4 Å². The molecule has 1 aromatic carbocycles. The lowest BCUT2D eigenvalue weighted by Crippen LogP contribution is -2.40. The molecule has 2 aliphatic rings. The first kappa shape index (κ1) is 14.4. The third-order valence-corrected chi connectivity index (χ3v) is 5.04. The summed E-state index contributed by atoms with van der Waals surface area (Å²) in [6.07, 6.45) is 0.687. The summed E-state index contributed by atoms with van der Waals surface area (Å²) in [7, 11) is 2.33. The van der Waals surface area contributed by atoms with E-state index < -0.39 is 11.5 Å². The number of halogens is 1. The molecule has 0 bridgehead atoms. The molecule has 4 unspecified atom stereocenters. The summed E-state index contributed by atoms with van der Waals surface area (Å²) in [6, 6.07) is 9.18. The molecule has 1 aromatic rings. The molecule has 2 heterocycles. The van der Waals surface area contributed by atoms with E-state index in [0.29, 0.717) is 18.5 Å². The van der Waals surface area contributed by atoms with E-state index in [2.05, 4.69) is 25.8 Å². The number of hydrogen-bond acceptors (Lipinski definition) is 4. The van der Waals surface area contributed by atoms with Crippen molar-refractivity contribution in [1.82, 2.24) is 5.32 Å². The fourth-order valence-corrected chi connectivity index (χ4v) is 3.28. The van der Waals surface area contributed by atoms with Crippen LogP contribution in [0.1, 0.15) is 24.0 Å². The van der Waals surface area contributed by atoms with Gasteiger partial charge in [0.05, 0.1) is 17.3 Å². The summed E-state index contributed by atoms with van der Waals surface area (Å²) in [5, 5.41) is 14.6. The lowest BCUT2D eigenvalue weighted by Gasteiger charge is -2.30. The van der Waals surface area contributed by atoms with Crippen molar-refractivity contribution in [2.45, 2.75) is 24.4 Å². The van der Waals surface area contributed by atoms with Gasteiger partial charge in [0.1, 0.15) is 0 Å². The van der Waals surface area contributed by atoms with Gasteiger partial charge in [0.2, 0.25) is 0 Å². The first-order chi connectivity index (χ1) is 10.1. The zero-order chi connectivity index (χ0) is 14.9. The van der Waals surface area contributed by atoms with Crippen LogP contribution in [-0.2, 0) is 4.84 Å². The summed E-state index contributed by atoms with van der Waals surface area (Å²) >= 11 is 0. The third-order valence-electron chi connectivity index (χ3n) is 4.20. The molecule has 0 saturated carbocycles. The second kappa shape index (κ2) is 5.71. The maximum Gasteiger partial charge on any atom is 0.170 e. The lowest BCUT2D eigenvalue weighted by molar-refractivity contribution is -0.0178. The predicted octanol–water partition coefficient (Wildman–Crippen LogP) is 2.20. The van der Waals surface area contributed by atoms with E-state index in [1.807, 2.05) is 12.1 Å². The number of nitrogens with one attached hydrogen (secondary N) is 1. The minimum atomic E-state index is -1.47. The van der Waals surface area contributed by atoms with Crippen molar-refractivity contribution in [2.24, 2.45) is 11.1 Å². The number of rotatable bonds is 3. The maximum atomic E-state index is 15.0. The average molecular weight is 305 g/mol. The largest absolute Gasteiger partial charge is 0.388 e. The third kappa shape index (κ3) is 2.79. The maximum absolute atomic E-state index is 15.0. The van der Waals surface area contributed by atoms with Crippen LogP contribution in [-0.4, -0.2) is 30.3 Å². The van der Waals surface area contributed by atoms with Crippen molar-refractivity contribution in [3.63, 3.8) is 0 Å². The molecule has 6 heteroatoms. The van der Waals surface area contributed by atoms with E-state index in [1.54, 1.807) is 12.1 Å². The number of alkyl halides is 1. The molecule has 4 nitrogen and oxygen atoms in total. The van der Waals surface area contributed by atoms with Crippen LogP contribution in [0.25, 0.3) is 0 Å². The van der Waals surface area contributed by atoms with Gasteiger partial charge in [-0.2, -0.15) is 5.26 Å². The molecule has 4 atom stereocenters. The van der Waals surface area contributed by atoms with Gasteiger partial charge in [-0.15, -0.1) is 0 Å². The van der Waals surface area contributed by atoms with Crippen LogP contribution in [0.3, 0.4) is 0 Å². The normalized spacial score (nSPS) is 27.6. The highest BCUT2D eigenvalue weighted by molar-refractivity contribution is 7.18. The fraction of sp³-hybridized carbons (Fsp3) is 0.467. The second-order valence-electron chi connectivity index (χ2n) is 5.54. The van der Waals surface area contributed by atoms with Crippen molar-refractivity contribution in [1.29, 1.82) is 5.26 Å². The van der Waals surface area contributed by atoms with Gasteiger partial charge in [0, 0.05) is 18.9 Å². The zero-order valence-electron chi connectivity index (χ0n) is 11.6. The summed E-state index contributed by atoms with van der Waals surface area (Å²) in [5.74, 6) is -0.0667. The molecule has 0 aliphatic carbocycles. The molecular formula is C15H17FN3OP. The number of benzene rings is 1. The van der Waals surface area contributed by atoms with Crippen LogP contribution in [0.4, 0.5) is 4.39 Å². The Labute approximate surface area is 125 Å². The quantitative estimate of drug-likeness (QED) is 0.871. The van der Waals surface area contributed by atoms with Crippen LogP contribution < -0.4 is 5.32 Å². The van der Waals surface area contributed by atoms with Crippen LogP contribution >= 0.6 is 9.24 Å². The second-order valence-corrected chi connectivity index (χ2v) is 6.43. The molecule has 21 heavy (non-hydrogen) atoms. The number of hydrogen-bond donors (Lipinski definition) is 1. The SMILES string of the molecule is N#Cc1ccc(C2=NOC(C(F)(P)C3CCNC3)C2)cc1. The van der Waals surface area contributed by atoms with E-state index in [-0.39, 0.29) is 5.92 Å². The zero-order valence-corrected chi connectivity index (χ0v) is 12.7. The molecule has 1 saturated heterocycles. The predicted molar refractivity (Wildman–Crippen MR) is 81.7 cm³/mol. The van der Waals surface area contributed by atoms with Gasteiger partial charge >= 0.3 is 0 Å². The summed E-state index contributed by atoms with van der Waals surface area (Å²) in [6.45, 7) is 1.52. The van der Waals surface area contributed by atoms with E-state index in [1.165, 1.54) is 0 Å². The first-order valence-electron chi connectivity index (χ1n) is 7.03. The molecule has 0 radical (unpaired) electrons. The minimum absolute atomic E-state index is 0.0667. The van der Waals surface area contributed by atoms with Crippen molar-refractivity contribution in [2.75, 3.05) is 13.1 Å². The molecule has 1 N–H and O–H groups in total. The van der Waals surface area contributed by atoms with Gasteiger partial charge in [-0.25, -0.2) is 4.39 Å². The summed E-state index contributed by atoms with van der Waals surface area (Å²) in [5.41, 5.74) is 2.21. The van der Waals surface area contributed by atoms with E-state index in [4.69, 9.17) is 10.1 Å². The van der Waals surface area contributed by atoms with Gasteiger partial charge in [-0.1, -0.05) is 26.5 Å². The van der Waals surface area contributed by atoms with Gasteiger partial charge in [-0.3, -0.25) is 0 Å². The molecule has 110 valence electrons. The van der Waals surface area contributed by atoms with E-state index in [0.717, 1.165) is 24.2 Å². The molecule has 0 spiro atoms. The van der Waals surface area contributed by atoms with Crippen molar-refractivity contribution < 1.29 is 9.23 Å². The van der Waals surface area contributed by atoms with E-state index in [9.17, 15) is 4.39 Å². The molecular weight excluding hydrogens is 288 g/mol. The highest BCUT2D eigenvalue weighted by Crippen LogP contribution is 2.42. The smallest absolute Gasteiger partial charge is 0.170 e. The van der Waals surface area contributed by atoms with E-state index >= 15 is 0 Å². The van der Waals surface area contributed by atoms with Gasteiger partial charge in [-0.05, 0) is 30.7 Å². The summed E-state index contributed by atoms with van der Waals surface area (Å²) < 4.78 is 15.0. The average Bonchev–Trinajstić information content (AvgIpc) is 3.19. The summed E-state index contributed by atoms with van der Waals surface area (Å²) in [4.78, 5) is 5.35. The first-order valence-corrected chi connectivity index (χ1v) is 7.60. The Balaban J connectivity index is 1.70. The van der Waals surface area contributed by atoms with Crippen LogP contribution in [0.15, 0.2) is 29.4 Å². The van der Waals surface area contributed by atoms with Crippen molar-refractivity contribution >= 4 is 15.0 Å². The Morgan fingerprint density at radius 3 is 2.81 bits per heavy atom. The number of nitriles is 1.